The van der Waals surface area contributed by atoms with Crippen LogP contribution in [0.2, 0.25) is 0 Å². The van der Waals surface area contributed by atoms with Crippen LogP contribution in [-0.2, 0) is 14.8 Å². The highest BCUT2D eigenvalue weighted by Gasteiger charge is 2.41. The molecule has 3 saturated heterocycles. The number of hydrogen-bond donors (Lipinski definition) is 0. The number of carbonyl (C=O) groups is 1. The normalized spacial score (nSPS) is 24.0. The molecule has 0 saturated carbocycles. The van der Waals surface area contributed by atoms with Crippen molar-refractivity contribution < 1.29 is 22.3 Å². The Morgan fingerprint density at radius 3 is 2.33 bits per heavy atom. The molecular weight excluding hydrogens is 517 g/mol. The second-order valence-corrected chi connectivity index (χ2v) is 13.0. The Balaban J connectivity index is 1.30. The average molecular weight is 558 g/mol. The molecule has 212 valence electrons. The standard InChI is InChI=1S/C30H40FN3O4S/c1-23-11-13-28(14-12-23)39(36,37)34-27(9-6-10-29(34)24-7-5-8-25(31)21-24)22-38-30(35)33-19-15-26(16-20-33)32-17-3-2-4-18-32/h5,7-8,11-14,21,26-27,29H,2-4,6,9-10,15-20,22H2,1H3/t27-,29+/m1/s1. The summed E-state index contributed by atoms with van der Waals surface area (Å²) in [7, 11) is -3.93. The molecule has 2 aromatic carbocycles. The third-order valence-electron chi connectivity index (χ3n) is 8.54. The Morgan fingerprint density at radius 2 is 1.64 bits per heavy atom. The number of piperidine rings is 3. The molecule has 0 N–H and O–H groups in total. The average Bonchev–Trinajstić information content (AvgIpc) is 2.96. The van der Waals surface area contributed by atoms with Gasteiger partial charge >= 0.3 is 6.09 Å². The fourth-order valence-electron chi connectivity index (χ4n) is 6.39. The number of halogens is 1. The molecule has 39 heavy (non-hydrogen) atoms. The number of hydrogen-bond acceptors (Lipinski definition) is 5. The van der Waals surface area contributed by atoms with E-state index in [4.69, 9.17) is 4.74 Å². The topological polar surface area (TPSA) is 70.2 Å². The number of likely N-dealkylation sites (tertiary alicyclic amines) is 2. The second-order valence-electron chi connectivity index (χ2n) is 11.2. The Hall–Kier alpha value is -2.49. The van der Waals surface area contributed by atoms with E-state index in [1.54, 1.807) is 41.3 Å². The van der Waals surface area contributed by atoms with Gasteiger partial charge in [-0.25, -0.2) is 17.6 Å². The summed E-state index contributed by atoms with van der Waals surface area (Å²) >= 11 is 0. The van der Waals surface area contributed by atoms with Crippen molar-refractivity contribution in [2.24, 2.45) is 0 Å². The highest BCUT2D eigenvalue weighted by Crippen LogP contribution is 2.39. The molecule has 9 heteroatoms. The van der Waals surface area contributed by atoms with Crippen LogP contribution in [0.15, 0.2) is 53.4 Å². The zero-order valence-corrected chi connectivity index (χ0v) is 23.6. The first-order chi connectivity index (χ1) is 18.8. The lowest BCUT2D eigenvalue weighted by molar-refractivity contribution is 0.0449. The van der Waals surface area contributed by atoms with Crippen molar-refractivity contribution in [3.05, 3.63) is 65.5 Å². The molecule has 0 spiro atoms. The molecular formula is C30H40FN3O4S. The van der Waals surface area contributed by atoms with Crippen molar-refractivity contribution in [3.63, 3.8) is 0 Å². The van der Waals surface area contributed by atoms with E-state index in [9.17, 15) is 17.6 Å². The Kier molecular flexibility index (Phi) is 8.89. The number of rotatable bonds is 6. The smallest absolute Gasteiger partial charge is 0.409 e. The minimum absolute atomic E-state index is 0.0260. The van der Waals surface area contributed by atoms with E-state index in [-0.39, 0.29) is 17.6 Å². The van der Waals surface area contributed by atoms with Crippen molar-refractivity contribution >= 4 is 16.1 Å². The molecule has 3 fully saturated rings. The maximum absolute atomic E-state index is 14.2. The van der Waals surface area contributed by atoms with E-state index >= 15 is 0 Å². The van der Waals surface area contributed by atoms with Crippen molar-refractivity contribution in [1.82, 2.24) is 14.1 Å². The van der Waals surface area contributed by atoms with Crippen LogP contribution in [0.1, 0.15) is 68.5 Å². The van der Waals surface area contributed by atoms with Crippen LogP contribution in [-0.4, -0.2) is 73.5 Å². The highest BCUT2D eigenvalue weighted by molar-refractivity contribution is 7.89. The molecule has 0 radical (unpaired) electrons. The lowest BCUT2D eigenvalue weighted by atomic mass is 9.93. The number of amides is 1. The molecule has 1 amide bonds. The van der Waals surface area contributed by atoms with Gasteiger partial charge in [0.2, 0.25) is 10.0 Å². The molecule has 3 heterocycles. The van der Waals surface area contributed by atoms with Crippen LogP contribution < -0.4 is 0 Å². The highest BCUT2D eigenvalue weighted by atomic mass is 32.2. The lowest BCUT2D eigenvalue weighted by Crippen LogP contribution is -2.50. The predicted octanol–water partition coefficient (Wildman–Crippen LogP) is 5.51. The van der Waals surface area contributed by atoms with Gasteiger partial charge in [-0.2, -0.15) is 4.31 Å². The van der Waals surface area contributed by atoms with Crippen LogP contribution in [0.5, 0.6) is 0 Å². The minimum atomic E-state index is -3.93. The summed E-state index contributed by atoms with van der Waals surface area (Å²) in [5.74, 6) is -0.401. The summed E-state index contributed by atoms with van der Waals surface area (Å²) < 4.78 is 49.4. The third-order valence-corrected chi connectivity index (χ3v) is 10.5. The first-order valence-corrected chi connectivity index (χ1v) is 15.8. The van der Waals surface area contributed by atoms with Gasteiger partial charge in [0, 0.05) is 19.1 Å². The first-order valence-electron chi connectivity index (χ1n) is 14.3. The fraction of sp³-hybridized carbons (Fsp3) is 0.567. The Labute approximate surface area is 232 Å². The van der Waals surface area contributed by atoms with Gasteiger partial charge in [0.1, 0.15) is 12.4 Å². The summed E-state index contributed by atoms with van der Waals surface area (Å²) in [6, 6.07) is 12.4. The predicted molar refractivity (Wildman–Crippen MR) is 148 cm³/mol. The number of aryl methyl sites for hydroxylation is 1. The first kappa shape index (κ1) is 28.1. The molecule has 0 bridgehead atoms. The zero-order valence-electron chi connectivity index (χ0n) is 22.8. The molecule has 2 atom stereocenters. The maximum atomic E-state index is 14.2. The van der Waals surface area contributed by atoms with Crippen LogP contribution in [0, 0.1) is 12.7 Å². The Morgan fingerprint density at radius 1 is 0.923 bits per heavy atom. The monoisotopic (exact) mass is 557 g/mol. The summed E-state index contributed by atoms with van der Waals surface area (Å²) in [6.45, 7) is 5.49. The second kappa shape index (κ2) is 12.4. The van der Waals surface area contributed by atoms with E-state index in [1.165, 1.54) is 35.7 Å². The fourth-order valence-corrected chi connectivity index (χ4v) is 8.24. The van der Waals surface area contributed by atoms with Gasteiger partial charge < -0.3 is 14.5 Å². The van der Waals surface area contributed by atoms with Crippen LogP contribution in [0.3, 0.4) is 0 Å². The SMILES string of the molecule is Cc1ccc(S(=O)(=O)N2[C@@H](COC(=O)N3CCC(N4CCCCC4)CC3)CCC[C@H]2c2cccc(F)c2)cc1. The molecule has 2 aromatic rings. The van der Waals surface area contributed by atoms with Crippen LogP contribution in [0.4, 0.5) is 9.18 Å². The molecule has 3 aliphatic heterocycles. The molecule has 3 aliphatic rings. The molecule has 0 aliphatic carbocycles. The number of ether oxygens (including phenoxy) is 1. The summed E-state index contributed by atoms with van der Waals surface area (Å²) in [6.07, 6.45) is 7.20. The van der Waals surface area contributed by atoms with E-state index in [0.717, 1.165) is 37.9 Å². The molecule has 5 rings (SSSR count). The van der Waals surface area contributed by atoms with Gasteiger partial charge in [-0.1, -0.05) is 36.2 Å². The van der Waals surface area contributed by atoms with Crippen molar-refractivity contribution in [3.8, 4) is 0 Å². The largest absolute Gasteiger partial charge is 0.448 e. The van der Waals surface area contributed by atoms with Gasteiger partial charge in [-0.05, 0) is 94.8 Å². The molecule has 0 aromatic heterocycles. The summed E-state index contributed by atoms with van der Waals surface area (Å²) in [4.78, 5) is 17.6. The van der Waals surface area contributed by atoms with E-state index in [2.05, 4.69) is 4.90 Å². The van der Waals surface area contributed by atoms with Crippen LogP contribution in [0.25, 0.3) is 0 Å². The third kappa shape index (κ3) is 6.47. The van der Waals surface area contributed by atoms with Gasteiger partial charge in [-0.15, -0.1) is 0 Å². The lowest BCUT2D eigenvalue weighted by Gasteiger charge is -2.42. The quantitative estimate of drug-likeness (QED) is 0.469. The number of benzene rings is 2. The summed E-state index contributed by atoms with van der Waals surface area (Å²) in [5.41, 5.74) is 1.57. The number of carbonyl (C=O) groups excluding carboxylic acids is 1. The van der Waals surface area contributed by atoms with Gasteiger partial charge in [0.05, 0.1) is 17.0 Å². The van der Waals surface area contributed by atoms with Gasteiger partial charge in [-0.3, -0.25) is 0 Å². The molecule has 0 unspecified atom stereocenters. The van der Waals surface area contributed by atoms with Gasteiger partial charge in [0.15, 0.2) is 0 Å². The van der Waals surface area contributed by atoms with E-state index in [1.807, 2.05) is 6.92 Å². The zero-order chi connectivity index (χ0) is 27.4. The van der Waals surface area contributed by atoms with Crippen molar-refractivity contribution in [2.45, 2.75) is 81.3 Å². The minimum Gasteiger partial charge on any atom is -0.448 e. The number of sulfonamides is 1. The Bertz CT molecular complexity index is 1230. The molecule has 7 nitrogen and oxygen atoms in total. The maximum Gasteiger partial charge on any atom is 0.409 e. The number of nitrogens with zero attached hydrogens (tertiary/aromatic N) is 3. The summed E-state index contributed by atoms with van der Waals surface area (Å²) in [5, 5.41) is 0. The van der Waals surface area contributed by atoms with E-state index in [0.29, 0.717) is 37.5 Å². The van der Waals surface area contributed by atoms with Crippen molar-refractivity contribution in [2.75, 3.05) is 32.8 Å². The van der Waals surface area contributed by atoms with Crippen LogP contribution >= 0.6 is 0 Å². The van der Waals surface area contributed by atoms with E-state index < -0.39 is 27.9 Å². The van der Waals surface area contributed by atoms with Crippen molar-refractivity contribution in [1.29, 1.82) is 0 Å². The van der Waals surface area contributed by atoms with Gasteiger partial charge in [0.25, 0.3) is 0 Å².